The van der Waals surface area contributed by atoms with Gasteiger partial charge in [-0.05, 0) is 0 Å². The summed E-state index contributed by atoms with van der Waals surface area (Å²) in [6, 6.07) is 18.8. The molecule has 1 atom stereocenters. The number of hydrogen-bond acceptors (Lipinski definition) is 4. The van der Waals surface area contributed by atoms with E-state index in [0.29, 0.717) is 0 Å². The molecule has 0 radical (unpaired) electrons. The second-order valence-corrected chi connectivity index (χ2v) is 11.4. The maximum atomic E-state index is 11.0. The van der Waals surface area contributed by atoms with Crippen molar-refractivity contribution in [3.8, 4) is 0 Å². The Kier molecular flexibility index (Phi) is 4.99. The molecule has 0 saturated heterocycles. The zero-order valence-electron chi connectivity index (χ0n) is 11.4. The molecule has 3 rings (SSSR count). The van der Waals surface area contributed by atoms with E-state index in [0.717, 1.165) is 16.8 Å². The summed E-state index contributed by atoms with van der Waals surface area (Å²) in [5, 5.41) is 16.6. The van der Waals surface area contributed by atoms with Gasteiger partial charge in [0, 0.05) is 0 Å². The first-order valence-electron chi connectivity index (χ1n) is 6.55. The van der Waals surface area contributed by atoms with E-state index in [1.54, 1.807) is 0 Å². The minimum atomic E-state index is -2.64. The molecule has 5 nitrogen and oxygen atoms in total. The first-order chi connectivity index (χ1) is 10.0. The number of aryl methyl sites for hydroxylation is 1. The monoisotopic (exact) mass is 349 g/mol. The SMILES string of the molecule is O=[N+]([O-])[O-].O[As+]1(c2ccccc2)CCc2ccccc2C1. The molecule has 0 aromatic heterocycles. The predicted octanol–water partition coefficient (Wildman–Crippen LogP) is 1.93. The van der Waals surface area contributed by atoms with E-state index >= 15 is 0 Å². The van der Waals surface area contributed by atoms with Crippen molar-refractivity contribution in [1.82, 2.24) is 0 Å². The van der Waals surface area contributed by atoms with Crippen LogP contribution in [0.2, 0.25) is 5.21 Å². The van der Waals surface area contributed by atoms with E-state index in [1.165, 1.54) is 15.5 Å². The normalized spacial score (nSPS) is 19.9. The second kappa shape index (κ2) is 6.74. The van der Waals surface area contributed by atoms with Crippen LogP contribution in [-0.2, 0) is 11.6 Å². The second-order valence-electron chi connectivity index (χ2n) is 4.88. The zero-order chi connectivity index (χ0) is 15.3. The fraction of sp³-hybridized carbons (Fsp3) is 0.200. The van der Waals surface area contributed by atoms with Crippen LogP contribution < -0.4 is 4.35 Å². The van der Waals surface area contributed by atoms with Crippen molar-refractivity contribution >= 4 is 18.2 Å². The molecule has 0 amide bonds. The standard InChI is InChI=1S/C15H16AsO.NO3/c17-16(15-8-2-1-3-9-15)11-10-13-6-4-5-7-14(13)12-16;2-1(3)4/h1-9,17H,10-12H2;/q+1;-1. The van der Waals surface area contributed by atoms with Gasteiger partial charge in [0.25, 0.3) is 0 Å². The summed E-state index contributed by atoms with van der Waals surface area (Å²) >= 11 is -2.64. The van der Waals surface area contributed by atoms with E-state index in [2.05, 4.69) is 36.4 Å². The van der Waals surface area contributed by atoms with E-state index in [4.69, 9.17) is 15.3 Å². The average molecular weight is 349 g/mol. The third-order valence-corrected chi connectivity index (χ3v) is 10.0. The Morgan fingerprint density at radius 3 is 2.10 bits per heavy atom. The van der Waals surface area contributed by atoms with Crippen molar-refractivity contribution in [2.75, 3.05) is 0 Å². The van der Waals surface area contributed by atoms with Crippen LogP contribution in [0.3, 0.4) is 0 Å². The van der Waals surface area contributed by atoms with Gasteiger partial charge >= 0.3 is 105 Å². The van der Waals surface area contributed by atoms with Crippen molar-refractivity contribution in [3.05, 3.63) is 81.0 Å². The molecule has 1 aliphatic rings. The molecule has 1 heterocycles. The van der Waals surface area contributed by atoms with Gasteiger partial charge in [0.15, 0.2) is 0 Å². The Morgan fingerprint density at radius 2 is 1.48 bits per heavy atom. The fourth-order valence-electron chi connectivity index (χ4n) is 2.55. The van der Waals surface area contributed by atoms with Crippen molar-refractivity contribution in [2.24, 2.45) is 0 Å². The van der Waals surface area contributed by atoms with Crippen LogP contribution in [0.4, 0.5) is 0 Å². The fourth-order valence-corrected chi connectivity index (χ4v) is 8.44. The summed E-state index contributed by atoms with van der Waals surface area (Å²) < 4.78 is 12.2. The van der Waals surface area contributed by atoms with E-state index in [1.807, 2.05) is 18.2 Å². The van der Waals surface area contributed by atoms with Crippen molar-refractivity contribution in [2.45, 2.75) is 16.8 Å². The molecule has 21 heavy (non-hydrogen) atoms. The van der Waals surface area contributed by atoms with Gasteiger partial charge in [-0.15, -0.1) is 0 Å². The summed E-state index contributed by atoms with van der Waals surface area (Å²) in [5.74, 6) is 0. The van der Waals surface area contributed by atoms with Gasteiger partial charge in [-0.25, -0.2) is 0 Å². The van der Waals surface area contributed by atoms with Gasteiger partial charge in [0.05, 0.1) is 5.09 Å². The van der Waals surface area contributed by atoms with Crippen LogP contribution in [0.15, 0.2) is 54.6 Å². The minimum absolute atomic E-state index is 0.901. The molecule has 0 spiro atoms. The van der Waals surface area contributed by atoms with Gasteiger partial charge in [0.1, 0.15) is 0 Å². The Balaban J connectivity index is 0.000000361. The number of hydrogen-bond donors (Lipinski definition) is 1. The summed E-state index contributed by atoms with van der Waals surface area (Å²) in [4.78, 5) is 8.25. The molecule has 6 heteroatoms. The van der Waals surface area contributed by atoms with Crippen molar-refractivity contribution in [3.63, 3.8) is 0 Å². The Morgan fingerprint density at radius 1 is 0.952 bits per heavy atom. The molecule has 110 valence electrons. The molecular formula is C15H16AsNO4. The van der Waals surface area contributed by atoms with Crippen LogP contribution in [0.1, 0.15) is 11.1 Å². The Labute approximate surface area is 125 Å². The first kappa shape index (κ1) is 15.5. The molecule has 2 aromatic rings. The van der Waals surface area contributed by atoms with Crippen LogP contribution in [-0.4, -0.2) is 23.1 Å². The number of nitrogens with zero attached hydrogens (tertiary/aromatic N) is 1. The molecule has 1 N–H and O–H groups in total. The predicted molar refractivity (Wildman–Crippen MR) is 83.1 cm³/mol. The molecule has 0 bridgehead atoms. The molecule has 1 unspecified atom stereocenters. The maximum absolute atomic E-state index is 11.0. The molecular weight excluding hydrogens is 333 g/mol. The molecule has 0 saturated carbocycles. The van der Waals surface area contributed by atoms with Gasteiger partial charge in [-0.2, -0.15) is 0 Å². The zero-order valence-corrected chi connectivity index (χ0v) is 13.3. The average Bonchev–Trinajstić information content (AvgIpc) is 2.47. The van der Waals surface area contributed by atoms with Gasteiger partial charge in [-0.3, -0.25) is 0 Å². The van der Waals surface area contributed by atoms with Crippen molar-refractivity contribution in [1.29, 1.82) is 0 Å². The summed E-state index contributed by atoms with van der Waals surface area (Å²) in [6.07, 6.45) is 1.04. The van der Waals surface area contributed by atoms with Gasteiger partial charge in [-0.1, -0.05) is 0 Å². The summed E-state index contributed by atoms with van der Waals surface area (Å²) in [6.45, 7) is 0. The van der Waals surface area contributed by atoms with Crippen LogP contribution >= 0.6 is 0 Å². The van der Waals surface area contributed by atoms with Gasteiger partial charge in [0.2, 0.25) is 0 Å². The summed E-state index contributed by atoms with van der Waals surface area (Å²) in [5.41, 5.74) is 2.78. The first-order valence-corrected chi connectivity index (χ1v) is 11.0. The number of benzene rings is 2. The number of rotatable bonds is 1. The van der Waals surface area contributed by atoms with E-state index in [9.17, 15) is 4.10 Å². The molecule has 0 fully saturated rings. The third-order valence-electron chi connectivity index (χ3n) is 3.54. The van der Waals surface area contributed by atoms with Gasteiger partial charge < -0.3 is 15.3 Å². The third kappa shape index (κ3) is 4.06. The van der Waals surface area contributed by atoms with Crippen molar-refractivity contribution < 1.29 is 9.18 Å². The van der Waals surface area contributed by atoms with Crippen LogP contribution in [0, 0.1) is 15.3 Å². The molecule has 2 aromatic carbocycles. The van der Waals surface area contributed by atoms with Crippen LogP contribution in [0.25, 0.3) is 0 Å². The molecule has 1 aliphatic heterocycles. The van der Waals surface area contributed by atoms with E-state index in [-0.39, 0.29) is 0 Å². The quantitative estimate of drug-likeness (QED) is 0.484. The molecule has 0 aliphatic carbocycles. The summed E-state index contributed by atoms with van der Waals surface area (Å²) in [7, 11) is 0. The Hall–Kier alpha value is -1.84. The van der Waals surface area contributed by atoms with E-state index < -0.39 is 19.0 Å². The Bertz CT molecular complexity index is 616. The number of fused-ring (bicyclic) bond motifs is 1. The topological polar surface area (TPSA) is 86.4 Å². The van der Waals surface area contributed by atoms with Crippen LogP contribution in [0.5, 0.6) is 0 Å².